The minimum Gasteiger partial charge on any atom is -0.336 e. The second kappa shape index (κ2) is 7.55. The number of rotatable bonds is 3. The van der Waals surface area contributed by atoms with E-state index < -0.39 is 17.4 Å². The highest BCUT2D eigenvalue weighted by Crippen LogP contribution is 2.30. The van der Waals surface area contributed by atoms with Crippen LogP contribution in [0.1, 0.15) is 39.9 Å². The normalized spacial score (nSPS) is 21.3. The summed E-state index contributed by atoms with van der Waals surface area (Å²) < 4.78 is 13.9. The zero-order valence-corrected chi connectivity index (χ0v) is 17.1. The van der Waals surface area contributed by atoms with Crippen LogP contribution in [0.15, 0.2) is 42.5 Å². The van der Waals surface area contributed by atoms with Crippen molar-refractivity contribution in [3.8, 4) is 0 Å². The van der Waals surface area contributed by atoms with Crippen molar-refractivity contribution in [2.75, 3.05) is 13.1 Å². The molecular formula is C23H24FN3O3. The highest BCUT2D eigenvalue weighted by molar-refractivity contribution is 6.07. The number of hydrogen-bond acceptors (Lipinski definition) is 3. The molecule has 0 radical (unpaired) electrons. The Labute approximate surface area is 174 Å². The molecule has 4 rings (SSSR count). The van der Waals surface area contributed by atoms with Crippen molar-refractivity contribution in [3.05, 3.63) is 70.5 Å². The predicted octanol–water partition coefficient (Wildman–Crippen LogP) is 3.17. The fourth-order valence-electron chi connectivity index (χ4n) is 4.11. The molecule has 4 amide bonds. The summed E-state index contributed by atoms with van der Waals surface area (Å²) in [6.07, 6.45) is 1.04. The van der Waals surface area contributed by atoms with Crippen molar-refractivity contribution in [3.63, 3.8) is 0 Å². The molecule has 1 N–H and O–H groups in total. The van der Waals surface area contributed by atoms with Crippen LogP contribution in [0.3, 0.4) is 0 Å². The minimum atomic E-state index is -1.13. The molecule has 2 heterocycles. The number of carbonyl (C=O) groups excluding carboxylic acids is 3. The topological polar surface area (TPSA) is 69.7 Å². The Bertz CT molecular complexity index is 1020. The van der Waals surface area contributed by atoms with E-state index in [0.29, 0.717) is 24.9 Å². The Hall–Kier alpha value is -3.22. The van der Waals surface area contributed by atoms with E-state index in [1.165, 1.54) is 15.9 Å². The number of imide groups is 1. The van der Waals surface area contributed by atoms with Gasteiger partial charge in [-0.3, -0.25) is 14.5 Å². The Kier molecular flexibility index (Phi) is 5.05. The molecule has 2 aromatic carbocycles. The lowest BCUT2D eigenvalue weighted by Gasteiger charge is -2.38. The molecule has 2 saturated heterocycles. The molecule has 7 heteroatoms. The highest BCUT2D eigenvalue weighted by atomic mass is 19.1. The van der Waals surface area contributed by atoms with Crippen LogP contribution in [0.25, 0.3) is 0 Å². The number of piperidine rings is 1. The van der Waals surface area contributed by atoms with E-state index in [2.05, 4.69) is 5.32 Å². The zero-order chi connectivity index (χ0) is 21.5. The molecule has 30 heavy (non-hydrogen) atoms. The number of hydrogen-bond donors (Lipinski definition) is 1. The maximum absolute atomic E-state index is 13.9. The van der Waals surface area contributed by atoms with E-state index in [9.17, 15) is 18.8 Å². The van der Waals surface area contributed by atoms with Crippen molar-refractivity contribution in [2.24, 2.45) is 0 Å². The smallest absolute Gasteiger partial charge is 0.325 e. The van der Waals surface area contributed by atoms with E-state index in [0.717, 1.165) is 11.1 Å². The quantitative estimate of drug-likeness (QED) is 0.792. The van der Waals surface area contributed by atoms with Gasteiger partial charge in [0.2, 0.25) is 0 Å². The van der Waals surface area contributed by atoms with Crippen LogP contribution in [0.5, 0.6) is 0 Å². The lowest BCUT2D eigenvalue weighted by molar-refractivity contribution is -0.133. The first-order valence-corrected chi connectivity index (χ1v) is 10.0. The molecule has 0 unspecified atom stereocenters. The number of likely N-dealkylation sites (tertiary alicyclic amines) is 1. The molecule has 0 aliphatic carbocycles. The van der Waals surface area contributed by atoms with Crippen molar-refractivity contribution in [1.82, 2.24) is 15.1 Å². The first-order valence-electron chi connectivity index (χ1n) is 10.0. The van der Waals surface area contributed by atoms with Crippen LogP contribution >= 0.6 is 0 Å². The summed E-state index contributed by atoms with van der Waals surface area (Å²) in [6, 6.07) is 11.6. The Morgan fingerprint density at radius 3 is 2.57 bits per heavy atom. The number of nitrogens with zero attached hydrogens (tertiary/aromatic N) is 2. The number of nitrogens with one attached hydrogen (secondary N) is 1. The van der Waals surface area contributed by atoms with Gasteiger partial charge < -0.3 is 10.2 Å². The van der Waals surface area contributed by atoms with Crippen LogP contribution in [-0.4, -0.2) is 46.3 Å². The number of urea groups is 1. The van der Waals surface area contributed by atoms with Gasteiger partial charge in [0.1, 0.15) is 11.4 Å². The minimum absolute atomic E-state index is 0.0797. The van der Waals surface area contributed by atoms with E-state index in [1.807, 2.05) is 31.2 Å². The second-order valence-corrected chi connectivity index (χ2v) is 8.18. The van der Waals surface area contributed by atoms with Gasteiger partial charge in [0.15, 0.2) is 0 Å². The molecule has 0 aromatic heterocycles. The van der Waals surface area contributed by atoms with Crippen LogP contribution < -0.4 is 5.32 Å². The average molecular weight is 409 g/mol. The van der Waals surface area contributed by atoms with Gasteiger partial charge in [-0.1, -0.05) is 35.9 Å². The monoisotopic (exact) mass is 409 g/mol. The van der Waals surface area contributed by atoms with E-state index in [-0.39, 0.29) is 30.5 Å². The largest absolute Gasteiger partial charge is 0.336 e. The number of aryl methyl sites for hydroxylation is 2. The summed E-state index contributed by atoms with van der Waals surface area (Å²) in [5.74, 6) is -1.10. The van der Waals surface area contributed by atoms with Gasteiger partial charge >= 0.3 is 6.03 Å². The van der Waals surface area contributed by atoms with Gasteiger partial charge in [-0.25, -0.2) is 9.18 Å². The Balaban J connectivity index is 1.53. The fraction of sp³-hybridized carbons (Fsp3) is 0.348. The SMILES string of the molecule is Cc1ccc(CN2C(=O)N[C@]3(CCCN(C(=O)c4ccc(C)c(F)c4)C3)C2=O)cc1. The molecule has 1 atom stereocenters. The van der Waals surface area contributed by atoms with E-state index in [1.54, 1.807) is 19.1 Å². The van der Waals surface area contributed by atoms with Gasteiger partial charge in [-0.15, -0.1) is 0 Å². The Morgan fingerprint density at radius 2 is 1.87 bits per heavy atom. The average Bonchev–Trinajstić information content (AvgIpc) is 2.95. The molecule has 1 spiro atoms. The Morgan fingerprint density at radius 1 is 1.13 bits per heavy atom. The number of carbonyl (C=O) groups is 3. The predicted molar refractivity (Wildman–Crippen MR) is 109 cm³/mol. The molecule has 2 aliphatic rings. The maximum Gasteiger partial charge on any atom is 0.325 e. The molecule has 156 valence electrons. The molecule has 2 aliphatic heterocycles. The molecule has 2 fully saturated rings. The summed E-state index contributed by atoms with van der Waals surface area (Å²) in [7, 11) is 0. The lowest BCUT2D eigenvalue weighted by atomic mass is 9.88. The molecule has 6 nitrogen and oxygen atoms in total. The molecule has 0 saturated carbocycles. The second-order valence-electron chi connectivity index (χ2n) is 8.18. The zero-order valence-electron chi connectivity index (χ0n) is 17.1. The van der Waals surface area contributed by atoms with Gasteiger partial charge in [-0.2, -0.15) is 0 Å². The number of halogens is 1. The third-order valence-electron chi connectivity index (χ3n) is 5.91. The van der Waals surface area contributed by atoms with Gasteiger partial charge in [0.25, 0.3) is 11.8 Å². The highest BCUT2D eigenvalue weighted by Gasteiger charge is 2.53. The lowest BCUT2D eigenvalue weighted by Crippen LogP contribution is -2.59. The summed E-state index contributed by atoms with van der Waals surface area (Å²) in [5, 5.41) is 2.83. The number of benzene rings is 2. The van der Waals surface area contributed by atoms with Crippen LogP contribution in [-0.2, 0) is 11.3 Å². The summed E-state index contributed by atoms with van der Waals surface area (Å²) in [4.78, 5) is 41.5. The molecular weight excluding hydrogens is 385 g/mol. The van der Waals surface area contributed by atoms with E-state index >= 15 is 0 Å². The van der Waals surface area contributed by atoms with Crippen LogP contribution in [0.2, 0.25) is 0 Å². The van der Waals surface area contributed by atoms with Crippen LogP contribution in [0.4, 0.5) is 9.18 Å². The van der Waals surface area contributed by atoms with Gasteiger partial charge in [-0.05, 0) is 49.9 Å². The summed E-state index contributed by atoms with van der Waals surface area (Å²) >= 11 is 0. The third-order valence-corrected chi connectivity index (χ3v) is 5.91. The summed E-state index contributed by atoms with van der Waals surface area (Å²) in [6.45, 7) is 4.33. The van der Waals surface area contributed by atoms with Crippen molar-refractivity contribution in [2.45, 2.75) is 38.8 Å². The number of amides is 4. The molecule has 2 aromatic rings. The van der Waals surface area contributed by atoms with Crippen molar-refractivity contribution in [1.29, 1.82) is 0 Å². The summed E-state index contributed by atoms with van der Waals surface area (Å²) in [5.41, 5.74) is 1.54. The maximum atomic E-state index is 13.9. The van der Waals surface area contributed by atoms with Gasteiger partial charge in [0, 0.05) is 12.1 Å². The van der Waals surface area contributed by atoms with E-state index in [4.69, 9.17) is 0 Å². The van der Waals surface area contributed by atoms with Crippen molar-refractivity contribution < 1.29 is 18.8 Å². The fourth-order valence-corrected chi connectivity index (χ4v) is 4.11. The first kappa shape index (κ1) is 20.1. The van der Waals surface area contributed by atoms with Crippen LogP contribution in [0, 0.1) is 19.7 Å². The molecule has 0 bridgehead atoms. The third kappa shape index (κ3) is 3.56. The first-order chi connectivity index (χ1) is 14.3. The van der Waals surface area contributed by atoms with Gasteiger partial charge in [0.05, 0.1) is 13.1 Å². The standard InChI is InChI=1S/C23H24FN3O3/c1-15-4-7-17(8-5-15)13-27-21(29)23(25-22(27)30)10-3-11-26(14-23)20(28)18-9-6-16(2)19(24)12-18/h4-9,12H,3,10-11,13-14H2,1-2H3,(H,25,30)/t23-/m0/s1. The van der Waals surface area contributed by atoms with Crippen molar-refractivity contribution >= 4 is 17.8 Å².